The monoisotopic (exact) mass is 412 g/mol. The zero-order chi connectivity index (χ0) is 21.9. The summed E-state index contributed by atoms with van der Waals surface area (Å²) in [5, 5.41) is 2.37. The van der Waals surface area contributed by atoms with Crippen molar-refractivity contribution in [3.8, 4) is 33.4 Å². The van der Waals surface area contributed by atoms with Crippen LogP contribution in [0, 0.1) is 0 Å². The third-order valence-corrected chi connectivity index (χ3v) is 5.88. The van der Waals surface area contributed by atoms with E-state index < -0.39 is 0 Å². The number of aldehydes is 2. The summed E-state index contributed by atoms with van der Waals surface area (Å²) in [6, 6.07) is 36.2. The Morgan fingerprint density at radius 3 is 1.50 bits per heavy atom. The second-order valence-corrected chi connectivity index (χ2v) is 7.67. The van der Waals surface area contributed by atoms with Gasteiger partial charge in [-0.05, 0) is 38.6 Å². The molecule has 0 saturated carbocycles. The predicted molar refractivity (Wildman–Crippen MR) is 131 cm³/mol. The smallest absolute Gasteiger partial charge is 0.150 e. The lowest BCUT2D eigenvalue weighted by molar-refractivity contribution is 0.112. The molecular weight excluding hydrogens is 392 g/mol. The maximum atomic E-state index is 11.8. The zero-order valence-corrected chi connectivity index (χ0v) is 17.4. The van der Waals surface area contributed by atoms with Gasteiger partial charge in [0.2, 0.25) is 0 Å². The molecule has 2 heteroatoms. The molecule has 5 aromatic carbocycles. The SMILES string of the molecule is O=Cc1cccc(C=O)c1-c1ccccc1-c1ccccc1-c1cccc2ccccc12. The minimum atomic E-state index is 0.504. The first-order chi connectivity index (χ1) is 15.8. The highest BCUT2D eigenvalue weighted by Gasteiger charge is 2.17. The molecular formula is C30H20O2. The molecule has 0 spiro atoms. The van der Waals surface area contributed by atoms with E-state index in [2.05, 4.69) is 54.6 Å². The van der Waals surface area contributed by atoms with E-state index in [9.17, 15) is 9.59 Å². The number of hydrogen-bond acceptors (Lipinski definition) is 2. The van der Waals surface area contributed by atoms with Crippen LogP contribution in [0.1, 0.15) is 20.7 Å². The number of carbonyl (C=O) groups is 2. The van der Waals surface area contributed by atoms with Gasteiger partial charge >= 0.3 is 0 Å². The fraction of sp³-hybridized carbons (Fsp3) is 0. The lowest BCUT2D eigenvalue weighted by Crippen LogP contribution is -1.97. The second-order valence-electron chi connectivity index (χ2n) is 7.67. The number of fused-ring (bicyclic) bond motifs is 1. The predicted octanol–water partition coefficient (Wildman–Crippen LogP) is 7.47. The van der Waals surface area contributed by atoms with E-state index in [0.29, 0.717) is 16.7 Å². The average Bonchev–Trinajstić information content (AvgIpc) is 2.88. The third-order valence-electron chi connectivity index (χ3n) is 5.88. The molecule has 0 aliphatic carbocycles. The van der Waals surface area contributed by atoms with E-state index in [0.717, 1.165) is 40.4 Å². The van der Waals surface area contributed by atoms with Gasteiger partial charge in [0.05, 0.1) is 0 Å². The van der Waals surface area contributed by atoms with Gasteiger partial charge in [0, 0.05) is 16.7 Å². The maximum absolute atomic E-state index is 11.8. The van der Waals surface area contributed by atoms with Crippen LogP contribution in [0.5, 0.6) is 0 Å². The van der Waals surface area contributed by atoms with Crippen molar-refractivity contribution in [1.29, 1.82) is 0 Å². The van der Waals surface area contributed by atoms with E-state index in [4.69, 9.17) is 0 Å². The van der Waals surface area contributed by atoms with Gasteiger partial charge in [-0.1, -0.05) is 109 Å². The standard InChI is InChI=1S/C30H20O2/c31-19-22-11-7-12-23(20-32)30(22)29-17-6-5-16-28(29)27-15-4-3-14-26(27)25-18-8-10-21-9-1-2-13-24(21)25/h1-20H. The van der Waals surface area contributed by atoms with Crippen LogP contribution in [-0.4, -0.2) is 12.6 Å². The van der Waals surface area contributed by atoms with Crippen molar-refractivity contribution in [3.05, 3.63) is 120 Å². The molecule has 0 bridgehead atoms. The molecule has 0 aliphatic heterocycles. The normalized spacial score (nSPS) is 10.8. The molecule has 0 atom stereocenters. The highest BCUT2D eigenvalue weighted by molar-refractivity contribution is 6.05. The topological polar surface area (TPSA) is 34.1 Å². The lowest BCUT2D eigenvalue weighted by atomic mass is 9.85. The van der Waals surface area contributed by atoms with E-state index in [1.165, 1.54) is 10.8 Å². The van der Waals surface area contributed by atoms with Crippen LogP contribution in [0.2, 0.25) is 0 Å². The summed E-state index contributed by atoms with van der Waals surface area (Å²) in [6.07, 6.45) is 1.63. The van der Waals surface area contributed by atoms with Gasteiger partial charge in [0.15, 0.2) is 12.6 Å². The van der Waals surface area contributed by atoms with Crippen LogP contribution >= 0.6 is 0 Å². The Kier molecular flexibility index (Phi) is 5.19. The summed E-state index contributed by atoms with van der Waals surface area (Å²) in [5.41, 5.74) is 6.83. The van der Waals surface area contributed by atoms with Crippen molar-refractivity contribution in [2.24, 2.45) is 0 Å². The first-order valence-corrected chi connectivity index (χ1v) is 10.5. The Hall–Kier alpha value is -4.30. The number of carbonyl (C=O) groups excluding carboxylic acids is 2. The Labute approximate surface area is 186 Å². The summed E-state index contributed by atoms with van der Waals surface area (Å²) in [7, 11) is 0. The first-order valence-electron chi connectivity index (χ1n) is 10.5. The molecule has 5 aromatic rings. The van der Waals surface area contributed by atoms with Crippen LogP contribution in [0.25, 0.3) is 44.2 Å². The van der Waals surface area contributed by atoms with E-state index in [-0.39, 0.29) is 0 Å². The average molecular weight is 412 g/mol. The van der Waals surface area contributed by atoms with Crippen molar-refractivity contribution in [2.75, 3.05) is 0 Å². The summed E-state index contributed by atoms with van der Waals surface area (Å²) >= 11 is 0. The second kappa shape index (κ2) is 8.44. The maximum Gasteiger partial charge on any atom is 0.150 e. The van der Waals surface area contributed by atoms with Gasteiger partial charge in [-0.25, -0.2) is 0 Å². The van der Waals surface area contributed by atoms with Crippen molar-refractivity contribution in [1.82, 2.24) is 0 Å². The Balaban J connectivity index is 1.81. The minimum absolute atomic E-state index is 0.504. The van der Waals surface area contributed by atoms with Crippen molar-refractivity contribution >= 4 is 23.3 Å². The van der Waals surface area contributed by atoms with Crippen molar-refractivity contribution in [3.63, 3.8) is 0 Å². The van der Waals surface area contributed by atoms with Crippen LogP contribution in [0.15, 0.2) is 109 Å². The molecule has 0 fully saturated rings. The van der Waals surface area contributed by atoms with Crippen LogP contribution in [0.3, 0.4) is 0 Å². The lowest BCUT2D eigenvalue weighted by Gasteiger charge is -2.17. The molecule has 0 radical (unpaired) electrons. The van der Waals surface area contributed by atoms with Gasteiger partial charge in [-0.3, -0.25) is 9.59 Å². The highest BCUT2D eigenvalue weighted by atomic mass is 16.1. The molecule has 32 heavy (non-hydrogen) atoms. The van der Waals surface area contributed by atoms with Gasteiger partial charge < -0.3 is 0 Å². The first kappa shape index (κ1) is 19.7. The number of benzene rings is 5. The third kappa shape index (κ3) is 3.32. The fourth-order valence-corrected chi connectivity index (χ4v) is 4.45. The molecule has 2 nitrogen and oxygen atoms in total. The molecule has 0 aromatic heterocycles. The molecule has 152 valence electrons. The summed E-state index contributed by atoms with van der Waals surface area (Å²) in [4.78, 5) is 23.7. The molecule has 0 N–H and O–H groups in total. The molecule has 0 aliphatic rings. The van der Waals surface area contributed by atoms with E-state index in [1.807, 2.05) is 36.4 Å². The van der Waals surface area contributed by atoms with Crippen LogP contribution in [-0.2, 0) is 0 Å². The Morgan fingerprint density at radius 2 is 0.844 bits per heavy atom. The van der Waals surface area contributed by atoms with Gasteiger partial charge in [0.25, 0.3) is 0 Å². The molecule has 0 unspecified atom stereocenters. The number of rotatable bonds is 5. The van der Waals surface area contributed by atoms with Crippen molar-refractivity contribution in [2.45, 2.75) is 0 Å². The van der Waals surface area contributed by atoms with E-state index in [1.54, 1.807) is 18.2 Å². The highest BCUT2D eigenvalue weighted by Crippen LogP contribution is 2.41. The molecule has 5 rings (SSSR count). The summed E-state index contributed by atoms with van der Waals surface area (Å²) < 4.78 is 0. The minimum Gasteiger partial charge on any atom is -0.298 e. The Bertz CT molecular complexity index is 1430. The van der Waals surface area contributed by atoms with Gasteiger partial charge in [-0.15, -0.1) is 0 Å². The fourth-order valence-electron chi connectivity index (χ4n) is 4.45. The Morgan fingerprint density at radius 1 is 0.406 bits per heavy atom. The zero-order valence-electron chi connectivity index (χ0n) is 17.4. The molecule has 0 saturated heterocycles. The molecule has 0 amide bonds. The molecule has 0 heterocycles. The van der Waals surface area contributed by atoms with Gasteiger partial charge in [0.1, 0.15) is 0 Å². The van der Waals surface area contributed by atoms with E-state index >= 15 is 0 Å². The quantitative estimate of drug-likeness (QED) is 0.281. The van der Waals surface area contributed by atoms with Crippen LogP contribution < -0.4 is 0 Å². The van der Waals surface area contributed by atoms with Crippen molar-refractivity contribution < 1.29 is 9.59 Å². The number of hydrogen-bond donors (Lipinski definition) is 0. The van der Waals surface area contributed by atoms with Crippen LogP contribution in [0.4, 0.5) is 0 Å². The largest absolute Gasteiger partial charge is 0.298 e. The summed E-state index contributed by atoms with van der Waals surface area (Å²) in [6.45, 7) is 0. The summed E-state index contributed by atoms with van der Waals surface area (Å²) in [5.74, 6) is 0. The van der Waals surface area contributed by atoms with Gasteiger partial charge in [-0.2, -0.15) is 0 Å².